The van der Waals surface area contributed by atoms with Gasteiger partial charge in [-0.15, -0.1) is 0 Å². The molecule has 0 atom stereocenters. The SMILES string of the molecule is CCCON=C1CN=CNC1. The first-order valence-electron chi connectivity index (χ1n) is 3.83. The van der Waals surface area contributed by atoms with E-state index in [0.29, 0.717) is 13.2 Å². The number of hydrogen-bond acceptors (Lipinski definition) is 4. The van der Waals surface area contributed by atoms with Crippen molar-refractivity contribution in [1.82, 2.24) is 5.32 Å². The van der Waals surface area contributed by atoms with Crippen LogP contribution >= 0.6 is 0 Å². The second-order valence-electron chi connectivity index (χ2n) is 2.34. The van der Waals surface area contributed by atoms with Crippen LogP contribution in [0.4, 0.5) is 0 Å². The summed E-state index contributed by atoms with van der Waals surface area (Å²) in [5, 5.41) is 6.87. The fourth-order valence-electron chi connectivity index (χ4n) is 0.724. The molecule has 1 aliphatic rings. The molecule has 1 N–H and O–H groups in total. The van der Waals surface area contributed by atoms with E-state index in [9.17, 15) is 0 Å². The molecule has 4 nitrogen and oxygen atoms in total. The van der Waals surface area contributed by atoms with Crippen molar-refractivity contribution in [1.29, 1.82) is 0 Å². The minimum Gasteiger partial charge on any atom is -0.396 e. The van der Waals surface area contributed by atoms with Gasteiger partial charge in [-0.3, -0.25) is 4.99 Å². The summed E-state index contributed by atoms with van der Waals surface area (Å²) < 4.78 is 0. The Labute approximate surface area is 66.3 Å². The van der Waals surface area contributed by atoms with E-state index in [2.05, 4.69) is 22.4 Å². The minimum absolute atomic E-state index is 0.663. The first-order chi connectivity index (χ1) is 5.43. The van der Waals surface area contributed by atoms with Crippen LogP contribution in [-0.2, 0) is 4.84 Å². The minimum atomic E-state index is 0.663. The molecule has 0 aromatic heterocycles. The highest BCUT2D eigenvalue weighted by atomic mass is 16.6. The largest absolute Gasteiger partial charge is 0.396 e. The average Bonchev–Trinajstić information content (AvgIpc) is 2.07. The van der Waals surface area contributed by atoms with Crippen molar-refractivity contribution in [3.05, 3.63) is 0 Å². The molecular weight excluding hydrogens is 142 g/mol. The topological polar surface area (TPSA) is 46.0 Å². The second-order valence-corrected chi connectivity index (χ2v) is 2.34. The lowest BCUT2D eigenvalue weighted by Crippen LogP contribution is -2.28. The molecule has 0 aliphatic carbocycles. The first kappa shape index (κ1) is 8.04. The maximum Gasteiger partial charge on any atom is 0.116 e. The van der Waals surface area contributed by atoms with Crippen molar-refractivity contribution in [3.63, 3.8) is 0 Å². The Morgan fingerprint density at radius 1 is 1.82 bits per heavy atom. The van der Waals surface area contributed by atoms with Crippen molar-refractivity contribution in [2.24, 2.45) is 10.1 Å². The average molecular weight is 155 g/mol. The molecule has 0 bridgehead atoms. The Hall–Kier alpha value is -1.06. The van der Waals surface area contributed by atoms with Crippen LogP contribution in [0.3, 0.4) is 0 Å². The van der Waals surface area contributed by atoms with Gasteiger partial charge in [0.1, 0.15) is 6.61 Å². The number of rotatable bonds is 3. The summed E-state index contributed by atoms with van der Waals surface area (Å²) in [7, 11) is 0. The van der Waals surface area contributed by atoms with Crippen molar-refractivity contribution in [3.8, 4) is 0 Å². The number of oxime groups is 1. The number of nitrogens with one attached hydrogen (secondary N) is 1. The van der Waals surface area contributed by atoms with Crippen LogP contribution < -0.4 is 5.32 Å². The standard InChI is InChI=1S/C7H13N3O/c1-2-3-11-10-7-4-8-6-9-5-7/h6H,2-5H2,1H3,(H,8,9). The quantitative estimate of drug-likeness (QED) is 0.473. The van der Waals surface area contributed by atoms with Crippen LogP contribution in [0.25, 0.3) is 0 Å². The summed E-state index contributed by atoms with van der Waals surface area (Å²) in [6.45, 7) is 4.16. The highest BCUT2D eigenvalue weighted by molar-refractivity contribution is 5.91. The molecular formula is C7H13N3O. The molecule has 0 saturated heterocycles. The molecule has 0 unspecified atom stereocenters. The monoisotopic (exact) mass is 155 g/mol. The zero-order valence-electron chi connectivity index (χ0n) is 6.71. The van der Waals surface area contributed by atoms with Gasteiger partial charge in [-0.2, -0.15) is 0 Å². The molecule has 0 saturated carbocycles. The van der Waals surface area contributed by atoms with Gasteiger partial charge in [-0.1, -0.05) is 12.1 Å². The molecule has 0 spiro atoms. The summed E-state index contributed by atoms with van der Waals surface area (Å²) in [5.74, 6) is 0. The van der Waals surface area contributed by atoms with Crippen molar-refractivity contribution in [2.75, 3.05) is 19.7 Å². The Kier molecular flexibility index (Phi) is 3.44. The van der Waals surface area contributed by atoms with Crippen LogP contribution in [-0.4, -0.2) is 31.7 Å². The summed E-state index contributed by atoms with van der Waals surface area (Å²) in [4.78, 5) is 8.99. The zero-order valence-corrected chi connectivity index (χ0v) is 6.71. The van der Waals surface area contributed by atoms with E-state index < -0.39 is 0 Å². The fourth-order valence-corrected chi connectivity index (χ4v) is 0.724. The molecule has 0 fully saturated rings. The molecule has 1 heterocycles. The van der Waals surface area contributed by atoms with E-state index in [1.807, 2.05) is 0 Å². The summed E-state index contributed by atoms with van der Waals surface area (Å²) in [6.07, 6.45) is 2.69. The van der Waals surface area contributed by atoms with Gasteiger partial charge < -0.3 is 10.2 Å². The molecule has 0 amide bonds. The first-order valence-corrected chi connectivity index (χ1v) is 3.83. The molecule has 4 heteroatoms. The zero-order chi connectivity index (χ0) is 7.94. The third-order valence-corrected chi connectivity index (χ3v) is 1.25. The van der Waals surface area contributed by atoms with Gasteiger partial charge in [0.05, 0.1) is 25.1 Å². The van der Waals surface area contributed by atoms with Gasteiger partial charge in [0.15, 0.2) is 0 Å². The maximum atomic E-state index is 5.00. The highest BCUT2D eigenvalue weighted by Gasteiger charge is 2.00. The molecule has 0 radical (unpaired) electrons. The fraction of sp³-hybridized carbons (Fsp3) is 0.714. The highest BCUT2D eigenvalue weighted by Crippen LogP contribution is 1.87. The van der Waals surface area contributed by atoms with Gasteiger partial charge in [0.25, 0.3) is 0 Å². The number of aliphatic imine (C=N–C) groups is 1. The maximum absolute atomic E-state index is 5.00. The third-order valence-electron chi connectivity index (χ3n) is 1.25. The van der Waals surface area contributed by atoms with E-state index in [0.717, 1.165) is 18.7 Å². The molecule has 1 aliphatic heterocycles. The van der Waals surface area contributed by atoms with Crippen molar-refractivity contribution < 1.29 is 4.84 Å². The normalized spacial score (nSPS) is 19.9. The second kappa shape index (κ2) is 4.71. The summed E-state index contributed by atoms with van der Waals surface area (Å²) in [6, 6.07) is 0. The van der Waals surface area contributed by atoms with Crippen LogP contribution in [0.5, 0.6) is 0 Å². The van der Waals surface area contributed by atoms with Crippen LogP contribution in [0.1, 0.15) is 13.3 Å². The van der Waals surface area contributed by atoms with Crippen molar-refractivity contribution >= 4 is 12.1 Å². The lowest BCUT2D eigenvalue weighted by molar-refractivity contribution is 0.144. The van der Waals surface area contributed by atoms with E-state index >= 15 is 0 Å². The number of nitrogens with zero attached hydrogens (tertiary/aromatic N) is 2. The molecule has 11 heavy (non-hydrogen) atoms. The van der Waals surface area contributed by atoms with Gasteiger partial charge >= 0.3 is 0 Å². The van der Waals surface area contributed by atoms with E-state index in [1.54, 1.807) is 6.34 Å². The Bertz CT molecular complexity index is 165. The van der Waals surface area contributed by atoms with Crippen LogP contribution in [0, 0.1) is 0 Å². The smallest absolute Gasteiger partial charge is 0.116 e. The Morgan fingerprint density at radius 2 is 2.73 bits per heavy atom. The Morgan fingerprint density at radius 3 is 3.36 bits per heavy atom. The molecule has 62 valence electrons. The molecule has 1 rings (SSSR count). The predicted molar refractivity (Wildman–Crippen MR) is 45.0 cm³/mol. The molecule has 0 aromatic rings. The van der Waals surface area contributed by atoms with Crippen LogP contribution in [0.2, 0.25) is 0 Å². The van der Waals surface area contributed by atoms with Gasteiger partial charge in [-0.25, -0.2) is 0 Å². The van der Waals surface area contributed by atoms with E-state index in [4.69, 9.17) is 4.84 Å². The lowest BCUT2D eigenvalue weighted by Gasteiger charge is -2.07. The van der Waals surface area contributed by atoms with Gasteiger partial charge in [-0.05, 0) is 6.42 Å². The van der Waals surface area contributed by atoms with Gasteiger partial charge in [0, 0.05) is 0 Å². The van der Waals surface area contributed by atoms with Gasteiger partial charge in [0.2, 0.25) is 0 Å². The Balaban J connectivity index is 2.22. The summed E-state index contributed by atoms with van der Waals surface area (Å²) in [5.41, 5.74) is 0.959. The lowest BCUT2D eigenvalue weighted by atomic mass is 10.3. The number of hydrogen-bond donors (Lipinski definition) is 1. The van der Waals surface area contributed by atoms with Crippen LogP contribution in [0.15, 0.2) is 10.1 Å². The van der Waals surface area contributed by atoms with E-state index in [1.165, 1.54) is 0 Å². The van der Waals surface area contributed by atoms with E-state index in [-0.39, 0.29) is 0 Å². The molecule has 0 aromatic carbocycles. The summed E-state index contributed by atoms with van der Waals surface area (Å²) >= 11 is 0. The third kappa shape index (κ3) is 3.02. The predicted octanol–water partition coefficient (Wildman–Crippen LogP) is 0.401. The van der Waals surface area contributed by atoms with Crippen molar-refractivity contribution in [2.45, 2.75) is 13.3 Å².